The van der Waals surface area contributed by atoms with Gasteiger partial charge in [0.25, 0.3) is 0 Å². The summed E-state index contributed by atoms with van der Waals surface area (Å²) in [6.45, 7) is 4.92. The van der Waals surface area contributed by atoms with Crippen molar-refractivity contribution in [1.82, 2.24) is 0 Å². The quantitative estimate of drug-likeness (QED) is 0.424. The fraction of sp³-hybridized carbons (Fsp3) is 0.167. The topological polar surface area (TPSA) is 151 Å². The van der Waals surface area contributed by atoms with Crippen LogP contribution < -0.4 is 16.3 Å². The van der Waals surface area contributed by atoms with Crippen molar-refractivity contribution in [3.05, 3.63) is 84.9 Å². The normalized spacial score (nSPS) is 9.11. The average Bonchev–Trinajstić information content (AvgIpc) is 2.60. The molecule has 3 aromatic rings. The summed E-state index contributed by atoms with van der Waals surface area (Å²) in [5.41, 5.74) is -1.21. The van der Waals surface area contributed by atoms with Crippen molar-refractivity contribution >= 4 is 25.8 Å². The van der Waals surface area contributed by atoms with Crippen molar-refractivity contribution in [3.63, 3.8) is 0 Å². The minimum Gasteiger partial charge on any atom is -0.502 e. The summed E-state index contributed by atoms with van der Waals surface area (Å²) in [5.74, 6) is 0.454. The number of aryl methyl sites for hydroxylation is 3. The molecule has 0 fully saturated rings. The van der Waals surface area contributed by atoms with Gasteiger partial charge in [0, 0.05) is 44.0 Å². The number of hydrogen-bond acceptors (Lipinski definition) is 9. The van der Waals surface area contributed by atoms with Gasteiger partial charge in [0.15, 0.2) is 17.2 Å². The number of aromatic hydroxyl groups is 3. The van der Waals surface area contributed by atoms with Crippen LogP contribution in [0.1, 0.15) is 17.3 Å². The van der Waals surface area contributed by atoms with Gasteiger partial charge >= 0.3 is 0 Å². The molecular formula is C18H18InO9. The standard InChI is InChI=1S/3C6H6O3.In/c3*1-4-2-5(7)6(8)3-9-4;/h3*2-3,8H,1H3;. The Hall–Kier alpha value is -2.88. The molecule has 3 rings (SSSR count). The van der Waals surface area contributed by atoms with Gasteiger partial charge in [-0.3, -0.25) is 14.4 Å². The minimum absolute atomic E-state index is 0. The molecule has 0 amide bonds. The van der Waals surface area contributed by atoms with Gasteiger partial charge in [-0.05, 0) is 20.8 Å². The van der Waals surface area contributed by atoms with E-state index in [9.17, 15) is 14.4 Å². The zero-order valence-electron chi connectivity index (χ0n) is 15.3. The van der Waals surface area contributed by atoms with Crippen molar-refractivity contribution in [2.24, 2.45) is 0 Å². The maximum absolute atomic E-state index is 10.5. The van der Waals surface area contributed by atoms with Gasteiger partial charge in [-0.15, -0.1) is 0 Å². The molecule has 3 heterocycles. The molecule has 0 saturated carbocycles. The fourth-order valence-corrected chi connectivity index (χ4v) is 1.50. The second-order valence-corrected chi connectivity index (χ2v) is 5.22. The van der Waals surface area contributed by atoms with Crippen molar-refractivity contribution in [2.75, 3.05) is 0 Å². The zero-order valence-corrected chi connectivity index (χ0v) is 18.6. The van der Waals surface area contributed by atoms with Crippen molar-refractivity contribution in [1.29, 1.82) is 0 Å². The molecule has 9 nitrogen and oxygen atoms in total. The van der Waals surface area contributed by atoms with Gasteiger partial charge in [-0.25, -0.2) is 0 Å². The summed E-state index contributed by atoms with van der Waals surface area (Å²) >= 11 is 0. The van der Waals surface area contributed by atoms with Crippen LogP contribution in [0, 0.1) is 20.8 Å². The maximum atomic E-state index is 10.5. The molecular weight excluding hydrogens is 475 g/mol. The molecule has 28 heavy (non-hydrogen) atoms. The summed E-state index contributed by atoms with van der Waals surface area (Å²) in [6.07, 6.45) is 3.08. The first-order valence-corrected chi connectivity index (χ1v) is 7.45. The van der Waals surface area contributed by atoms with Gasteiger partial charge in [-0.1, -0.05) is 0 Å². The third kappa shape index (κ3) is 8.67. The average molecular weight is 493 g/mol. The van der Waals surface area contributed by atoms with E-state index in [4.69, 9.17) is 15.3 Å². The number of rotatable bonds is 0. The maximum Gasteiger partial charge on any atom is 0.226 e. The Labute approximate surface area is 177 Å². The summed E-state index contributed by atoms with van der Waals surface area (Å²) in [4.78, 5) is 31.6. The van der Waals surface area contributed by atoms with Crippen LogP contribution in [0.3, 0.4) is 0 Å². The summed E-state index contributed by atoms with van der Waals surface area (Å²) in [7, 11) is 0. The Morgan fingerprint density at radius 2 is 0.786 bits per heavy atom. The summed E-state index contributed by atoms with van der Waals surface area (Å²) in [5, 5.41) is 25.9. The predicted molar refractivity (Wildman–Crippen MR) is 99.9 cm³/mol. The SMILES string of the molecule is Cc1cc(=O)c(O)co1.Cc1cc(=O)c(O)co1.Cc1cc(=O)c(O)co1.[In]. The van der Waals surface area contributed by atoms with Crippen molar-refractivity contribution < 1.29 is 28.6 Å². The van der Waals surface area contributed by atoms with Crippen LogP contribution in [0.15, 0.2) is 64.6 Å². The van der Waals surface area contributed by atoms with Crippen LogP contribution in [0.4, 0.5) is 0 Å². The van der Waals surface area contributed by atoms with Crippen molar-refractivity contribution in [3.8, 4) is 17.2 Å². The van der Waals surface area contributed by atoms with Crippen molar-refractivity contribution in [2.45, 2.75) is 20.8 Å². The van der Waals surface area contributed by atoms with Crippen LogP contribution in [0.5, 0.6) is 17.2 Å². The number of hydrogen-bond donors (Lipinski definition) is 3. The molecule has 3 N–H and O–H groups in total. The molecule has 0 aromatic carbocycles. The van der Waals surface area contributed by atoms with Gasteiger partial charge < -0.3 is 28.6 Å². The van der Waals surface area contributed by atoms with Gasteiger partial charge in [0.05, 0.1) is 0 Å². The molecule has 0 bridgehead atoms. The summed E-state index contributed by atoms with van der Waals surface area (Å²) in [6, 6.07) is 3.69. The Morgan fingerprint density at radius 1 is 0.571 bits per heavy atom. The third-order valence-electron chi connectivity index (χ3n) is 2.83. The van der Waals surface area contributed by atoms with E-state index in [-0.39, 0.29) is 43.1 Å². The van der Waals surface area contributed by atoms with E-state index in [2.05, 4.69) is 13.3 Å². The third-order valence-corrected chi connectivity index (χ3v) is 2.83. The molecule has 10 heteroatoms. The van der Waals surface area contributed by atoms with E-state index >= 15 is 0 Å². The van der Waals surface area contributed by atoms with Gasteiger partial charge in [-0.2, -0.15) is 0 Å². The smallest absolute Gasteiger partial charge is 0.226 e. The minimum atomic E-state index is -0.404. The molecule has 0 saturated heterocycles. The molecule has 3 radical (unpaired) electrons. The van der Waals surface area contributed by atoms with Crippen LogP contribution in [0.2, 0.25) is 0 Å². The second kappa shape index (κ2) is 11.8. The van der Waals surface area contributed by atoms with E-state index in [1.165, 1.54) is 18.2 Å². The van der Waals surface area contributed by atoms with Gasteiger partial charge in [0.1, 0.15) is 36.1 Å². The van der Waals surface area contributed by atoms with E-state index < -0.39 is 16.3 Å². The molecule has 0 atom stereocenters. The van der Waals surface area contributed by atoms with Crippen LogP contribution in [0.25, 0.3) is 0 Å². The zero-order chi connectivity index (χ0) is 20.6. The molecule has 0 unspecified atom stereocenters. The van der Waals surface area contributed by atoms with E-state index in [0.717, 1.165) is 18.8 Å². The Balaban J connectivity index is 0.000000384. The van der Waals surface area contributed by atoms with E-state index in [0.29, 0.717) is 17.3 Å². The first-order valence-electron chi connectivity index (χ1n) is 7.45. The first kappa shape index (κ1) is 25.1. The Morgan fingerprint density at radius 3 is 0.929 bits per heavy atom. The largest absolute Gasteiger partial charge is 0.502 e. The molecule has 0 spiro atoms. The second-order valence-electron chi connectivity index (χ2n) is 5.22. The molecule has 3 aromatic heterocycles. The molecule has 0 aliphatic rings. The van der Waals surface area contributed by atoms with Crippen LogP contribution in [-0.2, 0) is 0 Å². The molecule has 0 aliphatic heterocycles. The van der Waals surface area contributed by atoms with E-state index in [1.54, 1.807) is 20.8 Å². The fourth-order valence-electron chi connectivity index (χ4n) is 1.50. The van der Waals surface area contributed by atoms with E-state index in [1.807, 2.05) is 0 Å². The first-order chi connectivity index (χ1) is 12.6. The monoisotopic (exact) mass is 493 g/mol. The van der Waals surface area contributed by atoms with Crippen LogP contribution in [-0.4, -0.2) is 41.2 Å². The summed E-state index contributed by atoms with van der Waals surface area (Å²) < 4.78 is 14.1. The molecule has 147 valence electrons. The Bertz CT molecular complexity index is 927. The predicted octanol–water partition coefficient (Wildman–Crippen LogP) is 1.58. The van der Waals surface area contributed by atoms with Gasteiger partial charge in [0.2, 0.25) is 16.3 Å². The molecule has 0 aliphatic carbocycles. The Kier molecular flexibility index (Phi) is 10.5. The van der Waals surface area contributed by atoms with Crippen LogP contribution >= 0.6 is 0 Å².